The topological polar surface area (TPSA) is 58.2 Å². The molecule has 0 radical (unpaired) electrons. The van der Waals surface area contributed by atoms with Crippen molar-refractivity contribution in [1.29, 1.82) is 0 Å². The smallest absolute Gasteiger partial charge is 0.232 e. The van der Waals surface area contributed by atoms with Gasteiger partial charge in [-0.1, -0.05) is 0 Å². The van der Waals surface area contributed by atoms with Gasteiger partial charge in [-0.3, -0.25) is 4.72 Å². The highest BCUT2D eigenvalue weighted by atomic mass is 32.2. The van der Waals surface area contributed by atoms with Crippen molar-refractivity contribution < 1.29 is 12.8 Å². The van der Waals surface area contributed by atoms with Crippen LogP contribution < -0.4 is 10.0 Å². The van der Waals surface area contributed by atoms with E-state index in [1.165, 1.54) is 24.3 Å². The van der Waals surface area contributed by atoms with Crippen LogP contribution in [-0.2, 0) is 10.0 Å². The average molecular weight is 246 g/mol. The second-order valence-corrected chi connectivity index (χ2v) is 5.23. The minimum atomic E-state index is -3.33. The van der Waals surface area contributed by atoms with E-state index < -0.39 is 15.8 Å². The molecule has 0 heterocycles. The van der Waals surface area contributed by atoms with Crippen LogP contribution in [0.1, 0.15) is 6.42 Å². The Labute approximate surface area is 94.9 Å². The second kappa shape index (κ2) is 5.81. The van der Waals surface area contributed by atoms with Crippen molar-refractivity contribution in [3.8, 4) is 0 Å². The molecule has 0 saturated carbocycles. The highest BCUT2D eigenvalue weighted by Gasteiger charge is 2.09. The third kappa shape index (κ3) is 4.59. The van der Waals surface area contributed by atoms with Gasteiger partial charge in [0.05, 0.1) is 5.75 Å². The molecule has 4 nitrogen and oxygen atoms in total. The van der Waals surface area contributed by atoms with E-state index in [2.05, 4.69) is 10.0 Å². The number of sulfonamides is 1. The Kier molecular flexibility index (Phi) is 4.70. The maximum atomic E-state index is 12.6. The second-order valence-electron chi connectivity index (χ2n) is 3.38. The monoisotopic (exact) mass is 246 g/mol. The molecule has 0 atom stereocenters. The summed E-state index contributed by atoms with van der Waals surface area (Å²) in [6.07, 6.45) is 0.535. The minimum Gasteiger partial charge on any atom is -0.320 e. The summed E-state index contributed by atoms with van der Waals surface area (Å²) >= 11 is 0. The normalized spacial score (nSPS) is 11.4. The zero-order valence-electron chi connectivity index (χ0n) is 9.03. The number of hydrogen-bond donors (Lipinski definition) is 2. The predicted molar refractivity (Wildman–Crippen MR) is 62.4 cm³/mol. The fourth-order valence-electron chi connectivity index (χ4n) is 1.19. The van der Waals surface area contributed by atoms with E-state index in [1.54, 1.807) is 7.05 Å². The fourth-order valence-corrected chi connectivity index (χ4v) is 2.31. The Bertz CT molecular complexity index is 417. The molecule has 0 spiro atoms. The number of rotatable bonds is 6. The molecule has 0 fully saturated rings. The van der Waals surface area contributed by atoms with Crippen molar-refractivity contribution in [3.05, 3.63) is 30.1 Å². The first kappa shape index (κ1) is 12.9. The average Bonchev–Trinajstić information content (AvgIpc) is 2.21. The highest BCUT2D eigenvalue weighted by molar-refractivity contribution is 7.92. The highest BCUT2D eigenvalue weighted by Crippen LogP contribution is 2.10. The number of nitrogens with one attached hydrogen (secondary N) is 2. The van der Waals surface area contributed by atoms with Gasteiger partial charge < -0.3 is 5.32 Å². The molecule has 0 aliphatic carbocycles. The quantitative estimate of drug-likeness (QED) is 0.741. The van der Waals surface area contributed by atoms with Gasteiger partial charge in [-0.25, -0.2) is 12.8 Å². The fraction of sp³-hybridized carbons (Fsp3) is 0.400. The van der Waals surface area contributed by atoms with Gasteiger partial charge in [0, 0.05) is 5.69 Å². The Hall–Kier alpha value is -1.14. The van der Waals surface area contributed by atoms with E-state index in [1.807, 2.05) is 0 Å². The summed E-state index contributed by atoms with van der Waals surface area (Å²) in [5.41, 5.74) is 0.380. The summed E-state index contributed by atoms with van der Waals surface area (Å²) in [5, 5.41) is 2.87. The molecule has 0 aliphatic heterocycles. The lowest BCUT2D eigenvalue weighted by atomic mass is 10.3. The van der Waals surface area contributed by atoms with Gasteiger partial charge in [-0.15, -0.1) is 0 Å². The predicted octanol–water partition coefficient (Wildman–Crippen LogP) is 1.18. The lowest BCUT2D eigenvalue weighted by molar-refractivity contribution is 0.596. The van der Waals surface area contributed by atoms with E-state index in [0.717, 1.165) is 0 Å². The molecule has 1 rings (SSSR count). The van der Waals surface area contributed by atoms with Crippen molar-refractivity contribution in [2.45, 2.75) is 6.42 Å². The molecule has 6 heteroatoms. The summed E-state index contributed by atoms with van der Waals surface area (Å²) in [7, 11) is -1.57. The molecule has 90 valence electrons. The summed E-state index contributed by atoms with van der Waals surface area (Å²) in [6, 6.07) is 5.22. The van der Waals surface area contributed by atoms with Gasteiger partial charge in [0.2, 0.25) is 10.0 Å². The van der Waals surface area contributed by atoms with E-state index in [-0.39, 0.29) is 5.75 Å². The SMILES string of the molecule is CNCCCS(=O)(=O)Nc1ccc(F)cc1. The van der Waals surface area contributed by atoms with Gasteiger partial charge >= 0.3 is 0 Å². The third-order valence-electron chi connectivity index (χ3n) is 1.96. The zero-order valence-corrected chi connectivity index (χ0v) is 9.85. The van der Waals surface area contributed by atoms with Crippen molar-refractivity contribution in [3.63, 3.8) is 0 Å². The van der Waals surface area contributed by atoms with Crippen LogP contribution in [0.25, 0.3) is 0 Å². The van der Waals surface area contributed by atoms with E-state index in [0.29, 0.717) is 18.7 Å². The van der Waals surface area contributed by atoms with Crippen LogP contribution in [0, 0.1) is 5.82 Å². The van der Waals surface area contributed by atoms with Crippen LogP contribution in [0.2, 0.25) is 0 Å². The Balaban J connectivity index is 2.55. The van der Waals surface area contributed by atoms with Gasteiger partial charge in [-0.05, 0) is 44.3 Å². The van der Waals surface area contributed by atoms with E-state index >= 15 is 0 Å². The van der Waals surface area contributed by atoms with E-state index in [4.69, 9.17) is 0 Å². The number of anilines is 1. The van der Waals surface area contributed by atoms with Crippen LogP contribution in [0.15, 0.2) is 24.3 Å². The molecule has 2 N–H and O–H groups in total. The van der Waals surface area contributed by atoms with Crippen LogP contribution in [-0.4, -0.2) is 27.8 Å². The lowest BCUT2D eigenvalue weighted by Gasteiger charge is -2.07. The van der Waals surface area contributed by atoms with Gasteiger partial charge in [0.15, 0.2) is 0 Å². The summed E-state index contributed by atoms with van der Waals surface area (Å²) in [6.45, 7) is 0.643. The summed E-state index contributed by atoms with van der Waals surface area (Å²) < 4.78 is 38.0. The first-order valence-corrected chi connectivity index (χ1v) is 6.59. The number of halogens is 1. The van der Waals surface area contributed by atoms with E-state index in [9.17, 15) is 12.8 Å². The standard InChI is InChI=1S/C10H15FN2O2S/c1-12-7-2-8-16(14,15)13-10-5-3-9(11)4-6-10/h3-6,12-13H,2,7-8H2,1H3. The summed E-state index contributed by atoms with van der Waals surface area (Å²) in [4.78, 5) is 0. The van der Waals surface area contributed by atoms with Crippen molar-refractivity contribution in [2.75, 3.05) is 24.1 Å². The molecular formula is C10H15FN2O2S. The van der Waals surface area contributed by atoms with Gasteiger partial charge in [-0.2, -0.15) is 0 Å². The first-order valence-electron chi connectivity index (χ1n) is 4.94. The van der Waals surface area contributed by atoms with Crippen molar-refractivity contribution in [1.82, 2.24) is 5.32 Å². The molecule has 0 unspecified atom stereocenters. The largest absolute Gasteiger partial charge is 0.320 e. The lowest BCUT2D eigenvalue weighted by Crippen LogP contribution is -2.20. The number of benzene rings is 1. The van der Waals surface area contributed by atoms with Crippen LogP contribution >= 0.6 is 0 Å². The van der Waals surface area contributed by atoms with Crippen molar-refractivity contribution in [2.24, 2.45) is 0 Å². The van der Waals surface area contributed by atoms with Crippen LogP contribution in [0.5, 0.6) is 0 Å². The molecule has 16 heavy (non-hydrogen) atoms. The molecule has 0 aromatic heterocycles. The van der Waals surface area contributed by atoms with Gasteiger partial charge in [0.1, 0.15) is 5.82 Å². The van der Waals surface area contributed by atoms with Gasteiger partial charge in [0.25, 0.3) is 0 Å². The van der Waals surface area contributed by atoms with Crippen LogP contribution in [0.4, 0.5) is 10.1 Å². The maximum absolute atomic E-state index is 12.6. The maximum Gasteiger partial charge on any atom is 0.232 e. The number of hydrogen-bond acceptors (Lipinski definition) is 3. The molecule has 0 aliphatic rings. The molecular weight excluding hydrogens is 231 g/mol. The van der Waals surface area contributed by atoms with Crippen molar-refractivity contribution >= 4 is 15.7 Å². The Morgan fingerprint density at radius 1 is 1.25 bits per heavy atom. The first-order chi connectivity index (χ1) is 7.53. The molecule has 1 aromatic rings. The summed E-state index contributed by atoms with van der Waals surface area (Å²) in [5.74, 6) is -0.344. The molecule has 1 aromatic carbocycles. The molecule has 0 saturated heterocycles. The minimum absolute atomic E-state index is 0.0468. The van der Waals surface area contributed by atoms with Crippen LogP contribution in [0.3, 0.4) is 0 Å². The zero-order chi connectivity index (χ0) is 12.0. The molecule has 0 bridgehead atoms. The Morgan fingerprint density at radius 3 is 2.44 bits per heavy atom. The molecule has 0 amide bonds. The Morgan fingerprint density at radius 2 is 1.88 bits per heavy atom. The third-order valence-corrected chi connectivity index (χ3v) is 3.33.